The molecule has 0 aliphatic rings. The highest BCUT2D eigenvalue weighted by atomic mass is 16.3. The van der Waals surface area contributed by atoms with Crippen LogP contribution < -0.4 is 0 Å². The molecule has 0 fully saturated rings. The molecule has 0 saturated carbocycles. The van der Waals surface area contributed by atoms with E-state index in [2.05, 4.69) is 37.5 Å². The zero-order chi connectivity index (χ0) is 12.4. The molecule has 1 aromatic heterocycles. The molecule has 0 spiro atoms. The lowest BCUT2D eigenvalue weighted by molar-refractivity contribution is 0.120. The molecule has 2 heteroatoms. The van der Waals surface area contributed by atoms with Crippen molar-refractivity contribution in [2.75, 3.05) is 0 Å². The lowest BCUT2D eigenvalue weighted by Crippen LogP contribution is -2.16. The Hall–Kier alpha value is -1.54. The van der Waals surface area contributed by atoms with E-state index in [1.165, 1.54) is 11.4 Å². The maximum atomic E-state index is 10.4. The third-order valence-electron chi connectivity index (χ3n) is 3.33. The summed E-state index contributed by atoms with van der Waals surface area (Å²) in [5.41, 5.74) is 3.34. The van der Waals surface area contributed by atoms with E-state index >= 15 is 0 Å². The quantitative estimate of drug-likeness (QED) is 0.857. The van der Waals surface area contributed by atoms with Gasteiger partial charge in [0.1, 0.15) is 0 Å². The molecule has 0 radical (unpaired) electrons. The molecule has 0 bridgehead atoms. The smallest absolute Gasteiger partial charge is 0.0994 e. The number of aliphatic hydroxyl groups is 1. The standard InChI is InChI=1S/C15H19NO/c1-11-9-10-12(2)16(11)13(3)15(17)14-7-5-4-6-8-14/h4-10,13,15,17H,1-3H3/t13-,15+/m1/s1. The second-order valence-corrected chi connectivity index (χ2v) is 4.58. The SMILES string of the molecule is Cc1ccc(C)n1[C@H](C)[C@H](O)c1ccccc1. The highest BCUT2D eigenvalue weighted by Gasteiger charge is 2.19. The minimum Gasteiger partial charge on any atom is -0.386 e. The Morgan fingerprint density at radius 1 is 0.941 bits per heavy atom. The van der Waals surface area contributed by atoms with Crippen molar-refractivity contribution in [3.8, 4) is 0 Å². The molecule has 2 nitrogen and oxygen atoms in total. The van der Waals surface area contributed by atoms with Crippen LogP contribution in [0.25, 0.3) is 0 Å². The molecule has 2 rings (SSSR count). The number of nitrogens with zero attached hydrogens (tertiary/aromatic N) is 1. The van der Waals surface area contributed by atoms with Gasteiger partial charge >= 0.3 is 0 Å². The van der Waals surface area contributed by atoms with Crippen molar-refractivity contribution in [2.45, 2.75) is 32.9 Å². The van der Waals surface area contributed by atoms with Crippen LogP contribution in [0.2, 0.25) is 0 Å². The lowest BCUT2D eigenvalue weighted by atomic mass is 10.0. The topological polar surface area (TPSA) is 25.2 Å². The summed E-state index contributed by atoms with van der Waals surface area (Å²) < 4.78 is 2.18. The van der Waals surface area contributed by atoms with E-state index < -0.39 is 6.10 Å². The number of aryl methyl sites for hydroxylation is 2. The molecule has 2 atom stereocenters. The van der Waals surface area contributed by atoms with Gasteiger partial charge in [-0.05, 0) is 38.5 Å². The summed E-state index contributed by atoms with van der Waals surface area (Å²) in [4.78, 5) is 0. The van der Waals surface area contributed by atoms with Gasteiger partial charge in [-0.3, -0.25) is 0 Å². The average Bonchev–Trinajstić information content (AvgIpc) is 2.68. The fourth-order valence-electron chi connectivity index (χ4n) is 2.39. The number of aliphatic hydroxyl groups excluding tert-OH is 1. The minimum atomic E-state index is -0.471. The van der Waals surface area contributed by atoms with Crippen LogP contribution in [0.3, 0.4) is 0 Å². The van der Waals surface area contributed by atoms with Crippen LogP contribution in [0, 0.1) is 13.8 Å². The first kappa shape index (κ1) is 11.9. The Morgan fingerprint density at radius 3 is 2.00 bits per heavy atom. The monoisotopic (exact) mass is 229 g/mol. The molecule has 1 heterocycles. The molecule has 1 N–H and O–H groups in total. The van der Waals surface area contributed by atoms with Crippen molar-refractivity contribution in [3.05, 3.63) is 59.4 Å². The predicted octanol–water partition coefficient (Wildman–Crippen LogP) is 3.40. The van der Waals surface area contributed by atoms with Crippen LogP contribution in [0.1, 0.15) is 36.0 Å². The molecule has 2 aromatic rings. The van der Waals surface area contributed by atoms with E-state index in [1.54, 1.807) is 0 Å². The van der Waals surface area contributed by atoms with Crippen molar-refractivity contribution >= 4 is 0 Å². The van der Waals surface area contributed by atoms with Crippen LogP contribution in [-0.2, 0) is 0 Å². The zero-order valence-corrected chi connectivity index (χ0v) is 10.6. The Labute approximate surface area is 103 Å². The molecule has 0 aliphatic heterocycles. The van der Waals surface area contributed by atoms with Crippen molar-refractivity contribution in [3.63, 3.8) is 0 Å². The van der Waals surface area contributed by atoms with Crippen LogP contribution in [0.15, 0.2) is 42.5 Å². The molecule has 17 heavy (non-hydrogen) atoms. The molecule has 90 valence electrons. The Morgan fingerprint density at radius 2 is 1.47 bits per heavy atom. The number of hydrogen-bond donors (Lipinski definition) is 1. The van der Waals surface area contributed by atoms with Crippen LogP contribution in [-0.4, -0.2) is 9.67 Å². The van der Waals surface area contributed by atoms with Crippen molar-refractivity contribution in [2.24, 2.45) is 0 Å². The van der Waals surface area contributed by atoms with Gasteiger partial charge in [0.25, 0.3) is 0 Å². The van der Waals surface area contributed by atoms with E-state index in [0.717, 1.165) is 5.56 Å². The molecule has 0 aliphatic carbocycles. The summed E-state index contributed by atoms with van der Waals surface area (Å²) in [6.45, 7) is 6.19. The van der Waals surface area contributed by atoms with Gasteiger partial charge < -0.3 is 9.67 Å². The third kappa shape index (κ3) is 2.27. The average molecular weight is 229 g/mol. The first-order valence-corrected chi connectivity index (χ1v) is 5.98. The molecule has 0 unspecified atom stereocenters. The number of rotatable bonds is 3. The van der Waals surface area contributed by atoms with Gasteiger partial charge in [-0.2, -0.15) is 0 Å². The lowest BCUT2D eigenvalue weighted by Gasteiger charge is -2.24. The third-order valence-corrected chi connectivity index (χ3v) is 3.33. The summed E-state index contributed by atoms with van der Waals surface area (Å²) in [5.74, 6) is 0. The Bertz CT molecular complexity index is 467. The van der Waals surface area contributed by atoms with E-state index in [0.29, 0.717) is 0 Å². The van der Waals surface area contributed by atoms with E-state index in [1.807, 2.05) is 30.3 Å². The van der Waals surface area contributed by atoms with E-state index in [-0.39, 0.29) is 6.04 Å². The van der Waals surface area contributed by atoms with Crippen LogP contribution >= 0.6 is 0 Å². The summed E-state index contributed by atoms with van der Waals surface area (Å²) in [7, 11) is 0. The van der Waals surface area contributed by atoms with Gasteiger partial charge in [0.2, 0.25) is 0 Å². The maximum absolute atomic E-state index is 10.4. The van der Waals surface area contributed by atoms with Gasteiger partial charge in [0.15, 0.2) is 0 Å². The molecular weight excluding hydrogens is 210 g/mol. The Balaban J connectivity index is 2.30. The number of benzene rings is 1. The van der Waals surface area contributed by atoms with E-state index in [9.17, 15) is 5.11 Å². The largest absolute Gasteiger partial charge is 0.386 e. The van der Waals surface area contributed by atoms with Gasteiger partial charge in [-0.25, -0.2) is 0 Å². The van der Waals surface area contributed by atoms with Gasteiger partial charge in [-0.1, -0.05) is 30.3 Å². The first-order valence-electron chi connectivity index (χ1n) is 5.98. The van der Waals surface area contributed by atoms with Crippen molar-refractivity contribution in [1.82, 2.24) is 4.57 Å². The number of aromatic nitrogens is 1. The highest BCUT2D eigenvalue weighted by molar-refractivity contribution is 5.21. The zero-order valence-electron chi connectivity index (χ0n) is 10.6. The van der Waals surface area contributed by atoms with Gasteiger partial charge in [0.05, 0.1) is 12.1 Å². The second-order valence-electron chi connectivity index (χ2n) is 4.58. The van der Waals surface area contributed by atoms with Crippen LogP contribution in [0.4, 0.5) is 0 Å². The van der Waals surface area contributed by atoms with Crippen LogP contribution in [0.5, 0.6) is 0 Å². The summed E-state index contributed by atoms with van der Waals surface area (Å²) in [6, 6.07) is 14.0. The highest BCUT2D eigenvalue weighted by Crippen LogP contribution is 2.28. The summed E-state index contributed by atoms with van der Waals surface area (Å²) in [5, 5.41) is 10.4. The van der Waals surface area contributed by atoms with Crippen molar-refractivity contribution < 1.29 is 5.11 Å². The fraction of sp³-hybridized carbons (Fsp3) is 0.333. The Kier molecular flexibility index (Phi) is 3.34. The minimum absolute atomic E-state index is 0.0485. The molecule has 1 aromatic carbocycles. The predicted molar refractivity (Wildman–Crippen MR) is 70.0 cm³/mol. The normalized spacial score (nSPS) is 14.6. The fourth-order valence-corrected chi connectivity index (χ4v) is 2.39. The molecule has 0 saturated heterocycles. The summed E-state index contributed by atoms with van der Waals surface area (Å²) >= 11 is 0. The van der Waals surface area contributed by atoms with E-state index in [4.69, 9.17) is 0 Å². The second kappa shape index (κ2) is 4.76. The van der Waals surface area contributed by atoms with Gasteiger partial charge in [-0.15, -0.1) is 0 Å². The molecular formula is C15H19NO. The van der Waals surface area contributed by atoms with Crippen molar-refractivity contribution in [1.29, 1.82) is 0 Å². The van der Waals surface area contributed by atoms with Gasteiger partial charge in [0, 0.05) is 11.4 Å². The maximum Gasteiger partial charge on any atom is 0.0994 e. The first-order chi connectivity index (χ1) is 8.11. The molecule has 0 amide bonds. The number of hydrogen-bond acceptors (Lipinski definition) is 1. The summed E-state index contributed by atoms with van der Waals surface area (Å²) in [6.07, 6.45) is -0.471.